The number of fused-ring (bicyclic) bond motifs is 1. The van der Waals surface area contributed by atoms with Crippen LogP contribution < -0.4 is 0 Å². The molecule has 134 valence electrons. The highest BCUT2D eigenvalue weighted by atomic mass is 16.6. The molecule has 1 amide bonds. The first-order valence-corrected chi connectivity index (χ1v) is 8.09. The van der Waals surface area contributed by atoms with Crippen molar-refractivity contribution in [3.05, 3.63) is 41.9 Å². The van der Waals surface area contributed by atoms with E-state index in [1.807, 2.05) is 32.9 Å². The number of nitrogens with zero attached hydrogens (tertiary/aromatic N) is 2. The van der Waals surface area contributed by atoms with Gasteiger partial charge in [-0.2, -0.15) is 0 Å². The number of methoxy groups -OCH3 is 1. The molecule has 0 bridgehead atoms. The van der Waals surface area contributed by atoms with Gasteiger partial charge >= 0.3 is 5.97 Å². The Morgan fingerprint density at radius 3 is 2.80 bits per heavy atom. The first kappa shape index (κ1) is 17.4. The Balaban J connectivity index is 1.92. The van der Waals surface area contributed by atoms with E-state index in [0.29, 0.717) is 5.69 Å². The van der Waals surface area contributed by atoms with Crippen molar-refractivity contribution < 1.29 is 23.8 Å². The van der Waals surface area contributed by atoms with Crippen LogP contribution in [-0.2, 0) is 30.4 Å². The van der Waals surface area contributed by atoms with E-state index in [0.717, 1.165) is 0 Å². The van der Waals surface area contributed by atoms with Crippen LogP contribution in [0, 0.1) is 5.41 Å². The average molecular weight is 346 g/mol. The predicted octanol–water partition coefficient (Wildman–Crippen LogP) is 1.64. The molecule has 7 nitrogen and oxygen atoms in total. The van der Waals surface area contributed by atoms with Gasteiger partial charge in [0.15, 0.2) is 0 Å². The Morgan fingerprint density at radius 1 is 1.44 bits per heavy atom. The maximum atomic E-state index is 12.6. The largest absolute Gasteiger partial charge is 0.488 e. The van der Waals surface area contributed by atoms with E-state index in [9.17, 15) is 9.59 Å². The monoisotopic (exact) mass is 346 g/mol. The summed E-state index contributed by atoms with van der Waals surface area (Å²) in [6, 6.07) is 5.46. The van der Waals surface area contributed by atoms with E-state index in [-0.39, 0.29) is 30.3 Å². The minimum atomic E-state index is -1.38. The Bertz CT molecular complexity index is 710. The summed E-state index contributed by atoms with van der Waals surface area (Å²) in [5, 5.41) is 0. The second-order valence-corrected chi connectivity index (χ2v) is 7.21. The average Bonchev–Trinajstić information content (AvgIpc) is 3.11. The van der Waals surface area contributed by atoms with Crippen LogP contribution in [0.15, 0.2) is 36.2 Å². The summed E-state index contributed by atoms with van der Waals surface area (Å²) in [4.78, 5) is 30.9. The van der Waals surface area contributed by atoms with E-state index in [1.165, 1.54) is 18.1 Å². The number of carbonyl (C=O) groups excluding carboxylic acids is 2. The van der Waals surface area contributed by atoms with Gasteiger partial charge in [0.2, 0.25) is 5.54 Å². The molecule has 25 heavy (non-hydrogen) atoms. The lowest BCUT2D eigenvalue weighted by molar-refractivity contribution is -0.158. The highest BCUT2D eigenvalue weighted by Crippen LogP contribution is 2.45. The molecule has 0 spiro atoms. The fourth-order valence-electron chi connectivity index (χ4n) is 3.20. The molecule has 0 aromatic carbocycles. The van der Waals surface area contributed by atoms with Gasteiger partial charge in [-0.15, -0.1) is 0 Å². The quantitative estimate of drug-likeness (QED) is 0.771. The fourth-order valence-corrected chi connectivity index (χ4v) is 3.20. The van der Waals surface area contributed by atoms with Gasteiger partial charge in [-0.05, 0) is 12.1 Å². The van der Waals surface area contributed by atoms with Gasteiger partial charge < -0.3 is 14.2 Å². The SMILES string of the molecule is COC(=O)[C@]12CO[C@H](C(C)(C)C)N1C(=O)C=C2OCc1ccccn1. The van der Waals surface area contributed by atoms with Crippen molar-refractivity contribution >= 4 is 11.9 Å². The summed E-state index contributed by atoms with van der Waals surface area (Å²) in [5.41, 5.74) is -1.05. The topological polar surface area (TPSA) is 78.0 Å². The summed E-state index contributed by atoms with van der Waals surface area (Å²) in [6.07, 6.45) is 2.45. The molecule has 3 heterocycles. The van der Waals surface area contributed by atoms with Crippen LogP contribution >= 0.6 is 0 Å². The maximum Gasteiger partial charge on any atom is 0.342 e. The van der Waals surface area contributed by atoms with Crippen LogP contribution in [0.2, 0.25) is 0 Å². The fraction of sp³-hybridized carbons (Fsp3) is 0.500. The van der Waals surface area contributed by atoms with Gasteiger partial charge in [0, 0.05) is 17.7 Å². The van der Waals surface area contributed by atoms with Gasteiger partial charge in [0.05, 0.1) is 19.4 Å². The Hall–Kier alpha value is -2.41. The molecule has 1 aromatic heterocycles. The normalized spacial score (nSPS) is 25.6. The molecule has 1 fully saturated rings. The first-order valence-electron chi connectivity index (χ1n) is 8.09. The van der Waals surface area contributed by atoms with Crippen LogP contribution in [0.3, 0.4) is 0 Å². The van der Waals surface area contributed by atoms with Crippen molar-refractivity contribution in [1.82, 2.24) is 9.88 Å². The third-order valence-corrected chi connectivity index (χ3v) is 4.36. The summed E-state index contributed by atoms with van der Waals surface area (Å²) in [7, 11) is 1.29. The molecule has 1 saturated heterocycles. The lowest BCUT2D eigenvalue weighted by atomic mass is 9.91. The third-order valence-electron chi connectivity index (χ3n) is 4.36. The zero-order chi connectivity index (χ0) is 18.2. The number of aromatic nitrogens is 1. The van der Waals surface area contributed by atoms with Crippen LogP contribution in [0.25, 0.3) is 0 Å². The first-order chi connectivity index (χ1) is 11.8. The summed E-state index contributed by atoms with van der Waals surface area (Å²) in [5.74, 6) is -0.655. The third kappa shape index (κ3) is 2.78. The van der Waals surface area contributed by atoms with Crippen LogP contribution in [-0.4, -0.2) is 47.2 Å². The lowest BCUT2D eigenvalue weighted by Crippen LogP contribution is -2.57. The van der Waals surface area contributed by atoms with Gasteiger partial charge in [0.1, 0.15) is 18.6 Å². The summed E-state index contributed by atoms with van der Waals surface area (Å²) in [6.45, 7) is 6.00. The van der Waals surface area contributed by atoms with Crippen molar-refractivity contribution in [2.24, 2.45) is 5.41 Å². The van der Waals surface area contributed by atoms with Crippen LogP contribution in [0.5, 0.6) is 0 Å². The van der Waals surface area contributed by atoms with Gasteiger partial charge in [-0.25, -0.2) is 4.79 Å². The number of rotatable bonds is 4. The van der Waals surface area contributed by atoms with Crippen molar-refractivity contribution in [1.29, 1.82) is 0 Å². The van der Waals surface area contributed by atoms with E-state index < -0.39 is 17.7 Å². The molecule has 2 atom stereocenters. The Labute approximate surface area is 146 Å². The number of esters is 1. The highest BCUT2D eigenvalue weighted by molar-refractivity contribution is 6.01. The van der Waals surface area contributed by atoms with Gasteiger partial charge in [-0.3, -0.25) is 14.7 Å². The summed E-state index contributed by atoms with van der Waals surface area (Å²) >= 11 is 0. The Morgan fingerprint density at radius 2 is 2.20 bits per heavy atom. The minimum Gasteiger partial charge on any atom is -0.488 e. The van der Waals surface area contributed by atoms with Gasteiger partial charge in [0.25, 0.3) is 5.91 Å². The number of pyridine rings is 1. The van der Waals surface area contributed by atoms with Crippen molar-refractivity contribution in [2.75, 3.05) is 13.7 Å². The molecule has 0 aliphatic carbocycles. The smallest absolute Gasteiger partial charge is 0.342 e. The van der Waals surface area contributed by atoms with Crippen LogP contribution in [0.4, 0.5) is 0 Å². The number of amides is 1. The number of ether oxygens (including phenoxy) is 3. The second kappa shape index (κ2) is 6.15. The number of hydrogen-bond donors (Lipinski definition) is 0. The number of hydrogen-bond acceptors (Lipinski definition) is 6. The molecule has 7 heteroatoms. The lowest BCUT2D eigenvalue weighted by Gasteiger charge is -2.36. The van der Waals surface area contributed by atoms with Crippen molar-refractivity contribution in [3.8, 4) is 0 Å². The molecular formula is C18H22N2O5. The van der Waals surface area contributed by atoms with Crippen molar-refractivity contribution in [2.45, 2.75) is 39.1 Å². The standard InChI is InChI=1S/C18H22N2O5/c1-17(2,3)15-20-14(21)9-13(18(20,11-25-15)16(22)23-4)24-10-12-7-5-6-8-19-12/h5-9,15H,10-11H2,1-4H3/t15-,18-/m1/s1. The molecule has 2 aliphatic rings. The predicted molar refractivity (Wildman–Crippen MR) is 87.9 cm³/mol. The van der Waals surface area contributed by atoms with Crippen LogP contribution in [0.1, 0.15) is 26.5 Å². The highest BCUT2D eigenvalue weighted by Gasteiger charge is 2.64. The molecule has 3 rings (SSSR count). The minimum absolute atomic E-state index is 0.00139. The van der Waals surface area contributed by atoms with Gasteiger partial charge in [-0.1, -0.05) is 26.8 Å². The second-order valence-electron chi connectivity index (χ2n) is 7.21. The molecular weight excluding hydrogens is 324 g/mol. The molecule has 0 saturated carbocycles. The van der Waals surface area contributed by atoms with E-state index in [2.05, 4.69) is 4.98 Å². The molecule has 0 radical (unpaired) electrons. The molecule has 2 aliphatic heterocycles. The zero-order valence-electron chi connectivity index (χ0n) is 14.8. The van der Waals surface area contributed by atoms with E-state index >= 15 is 0 Å². The maximum absolute atomic E-state index is 12.6. The summed E-state index contributed by atoms with van der Waals surface area (Å²) < 4.78 is 16.6. The molecule has 0 unspecified atom stereocenters. The Kier molecular flexibility index (Phi) is 4.28. The zero-order valence-corrected chi connectivity index (χ0v) is 14.8. The van der Waals surface area contributed by atoms with E-state index in [1.54, 1.807) is 12.3 Å². The molecule has 1 aromatic rings. The number of carbonyl (C=O) groups is 2. The molecule has 0 N–H and O–H groups in total. The van der Waals surface area contributed by atoms with Crippen molar-refractivity contribution in [3.63, 3.8) is 0 Å². The van der Waals surface area contributed by atoms with E-state index in [4.69, 9.17) is 14.2 Å².